The molecular formula is C9H14N4O. The zero-order valence-electron chi connectivity index (χ0n) is 7.94. The van der Waals surface area contributed by atoms with E-state index >= 15 is 0 Å². The third-order valence-electron chi connectivity index (χ3n) is 2.29. The van der Waals surface area contributed by atoms with Gasteiger partial charge in [-0.3, -0.25) is 9.48 Å². The molecule has 1 fully saturated rings. The van der Waals surface area contributed by atoms with E-state index in [1.807, 2.05) is 6.07 Å². The Bertz CT molecular complexity index is 290. The van der Waals surface area contributed by atoms with E-state index in [9.17, 15) is 4.79 Å². The summed E-state index contributed by atoms with van der Waals surface area (Å²) in [5.74, 6) is 0.0300. The summed E-state index contributed by atoms with van der Waals surface area (Å²) in [6.45, 7) is 2.18. The summed E-state index contributed by atoms with van der Waals surface area (Å²) in [6.07, 6.45) is 4.47. The molecule has 1 saturated heterocycles. The highest BCUT2D eigenvalue weighted by Gasteiger charge is 2.16. The predicted molar refractivity (Wildman–Crippen MR) is 51.6 cm³/mol. The van der Waals surface area contributed by atoms with Crippen molar-refractivity contribution in [2.24, 2.45) is 0 Å². The number of hydrogen-bond acceptors (Lipinski definition) is 3. The maximum atomic E-state index is 11.5. The van der Waals surface area contributed by atoms with Gasteiger partial charge in [-0.2, -0.15) is 5.10 Å². The zero-order chi connectivity index (χ0) is 9.80. The second kappa shape index (κ2) is 4.23. The molecule has 0 unspecified atom stereocenters. The highest BCUT2D eigenvalue weighted by atomic mass is 16.2. The molecule has 1 aliphatic rings. The van der Waals surface area contributed by atoms with Crippen LogP contribution in [0.3, 0.4) is 0 Å². The summed E-state index contributed by atoms with van der Waals surface area (Å²) in [5, 5.41) is 10.1. The van der Waals surface area contributed by atoms with Gasteiger partial charge in [0.05, 0.1) is 0 Å². The highest BCUT2D eigenvalue weighted by molar-refractivity contribution is 5.76. The monoisotopic (exact) mass is 194 g/mol. The van der Waals surface area contributed by atoms with Crippen LogP contribution in [0.2, 0.25) is 0 Å². The van der Waals surface area contributed by atoms with Crippen LogP contribution >= 0.6 is 0 Å². The van der Waals surface area contributed by atoms with Crippen molar-refractivity contribution in [3.05, 3.63) is 18.5 Å². The molecule has 2 rings (SSSR count). The second-order valence-electron chi connectivity index (χ2n) is 3.46. The molecule has 2 heterocycles. The number of rotatable bonds is 3. The van der Waals surface area contributed by atoms with Crippen molar-refractivity contribution in [1.82, 2.24) is 20.4 Å². The van der Waals surface area contributed by atoms with Crippen LogP contribution in [-0.2, 0) is 11.3 Å². The van der Waals surface area contributed by atoms with E-state index in [1.54, 1.807) is 17.1 Å². The molecule has 1 atom stereocenters. The number of amides is 1. The number of nitrogens with zero attached hydrogens (tertiary/aromatic N) is 2. The fourth-order valence-electron chi connectivity index (χ4n) is 1.59. The Morgan fingerprint density at radius 2 is 2.64 bits per heavy atom. The summed E-state index contributed by atoms with van der Waals surface area (Å²) < 4.78 is 1.62. The molecule has 0 bridgehead atoms. The summed E-state index contributed by atoms with van der Waals surface area (Å²) in [5.41, 5.74) is 0. The first-order valence-electron chi connectivity index (χ1n) is 4.82. The van der Waals surface area contributed by atoms with Gasteiger partial charge in [-0.1, -0.05) is 0 Å². The van der Waals surface area contributed by atoms with Gasteiger partial charge < -0.3 is 10.6 Å². The average molecular weight is 194 g/mol. The topological polar surface area (TPSA) is 59.0 Å². The third-order valence-corrected chi connectivity index (χ3v) is 2.29. The quantitative estimate of drug-likeness (QED) is 0.673. The van der Waals surface area contributed by atoms with Crippen LogP contribution in [-0.4, -0.2) is 34.8 Å². The number of carbonyl (C=O) groups is 1. The Kier molecular flexibility index (Phi) is 2.78. The van der Waals surface area contributed by atoms with Crippen LogP contribution in [0.4, 0.5) is 0 Å². The van der Waals surface area contributed by atoms with Crippen LogP contribution < -0.4 is 10.6 Å². The van der Waals surface area contributed by atoms with Crippen LogP contribution in [0.15, 0.2) is 18.5 Å². The molecule has 5 heteroatoms. The van der Waals surface area contributed by atoms with E-state index in [-0.39, 0.29) is 11.9 Å². The normalized spacial score (nSPS) is 21.0. The molecule has 1 aliphatic heterocycles. The molecule has 0 aromatic carbocycles. The van der Waals surface area contributed by atoms with E-state index < -0.39 is 0 Å². The van der Waals surface area contributed by atoms with Crippen molar-refractivity contribution in [3.8, 4) is 0 Å². The summed E-state index contributed by atoms with van der Waals surface area (Å²) in [7, 11) is 0. The van der Waals surface area contributed by atoms with E-state index in [4.69, 9.17) is 0 Å². The first-order valence-corrected chi connectivity index (χ1v) is 4.82. The fraction of sp³-hybridized carbons (Fsp3) is 0.556. The van der Waals surface area contributed by atoms with E-state index in [1.165, 1.54) is 0 Å². The smallest absolute Gasteiger partial charge is 0.241 e. The number of carbonyl (C=O) groups excluding carboxylic acids is 1. The van der Waals surface area contributed by atoms with E-state index in [2.05, 4.69) is 15.7 Å². The molecule has 1 aromatic rings. The summed E-state index contributed by atoms with van der Waals surface area (Å²) >= 11 is 0. The summed E-state index contributed by atoms with van der Waals surface area (Å²) in [4.78, 5) is 11.5. The van der Waals surface area contributed by atoms with Gasteiger partial charge >= 0.3 is 0 Å². The SMILES string of the molecule is O=C(Cn1cccn1)N[C@H]1CCNC1. The molecule has 76 valence electrons. The van der Waals surface area contributed by atoms with Gasteiger partial charge in [-0.25, -0.2) is 0 Å². The third kappa shape index (κ3) is 2.32. The van der Waals surface area contributed by atoms with Gasteiger partial charge in [-0.05, 0) is 19.0 Å². The Morgan fingerprint density at radius 3 is 3.29 bits per heavy atom. The van der Waals surface area contributed by atoms with Crippen LogP contribution in [0, 0.1) is 0 Å². The Hall–Kier alpha value is -1.36. The molecule has 14 heavy (non-hydrogen) atoms. The van der Waals surface area contributed by atoms with Crippen LogP contribution in [0.25, 0.3) is 0 Å². The van der Waals surface area contributed by atoms with Gasteiger partial charge in [0, 0.05) is 25.0 Å². The molecule has 0 radical (unpaired) electrons. The predicted octanol–water partition coefficient (Wildman–Crippen LogP) is -0.639. The molecule has 1 amide bonds. The number of hydrogen-bond donors (Lipinski definition) is 2. The lowest BCUT2D eigenvalue weighted by molar-refractivity contribution is -0.122. The van der Waals surface area contributed by atoms with Crippen molar-refractivity contribution in [2.75, 3.05) is 13.1 Å². The van der Waals surface area contributed by atoms with Gasteiger partial charge in [0.1, 0.15) is 6.54 Å². The molecule has 0 spiro atoms. The maximum absolute atomic E-state index is 11.5. The molecule has 2 N–H and O–H groups in total. The lowest BCUT2D eigenvalue weighted by atomic mass is 10.2. The van der Waals surface area contributed by atoms with Crippen molar-refractivity contribution >= 4 is 5.91 Å². The summed E-state index contributed by atoms with van der Waals surface area (Å²) in [6, 6.07) is 2.10. The van der Waals surface area contributed by atoms with Gasteiger partial charge in [0.2, 0.25) is 5.91 Å². The lowest BCUT2D eigenvalue weighted by Gasteiger charge is -2.10. The van der Waals surface area contributed by atoms with Crippen molar-refractivity contribution < 1.29 is 4.79 Å². The second-order valence-corrected chi connectivity index (χ2v) is 3.46. The maximum Gasteiger partial charge on any atom is 0.241 e. The molecule has 0 saturated carbocycles. The van der Waals surface area contributed by atoms with Crippen molar-refractivity contribution in [2.45, 2.75) is 19.0 Å². The minimum atomic E-state index is 0.0300. The van der Waals surface area contributed by atoms with Crippen LogP contribution in [0.5, 0.6) is 0 Å². The van der Waals surface area contributed by atoms with Gasteiger partial charge in [0.25, 0.3) is 0 Å². The average Bonchev–Trinajstić information content (AvgIpc) is 2.76. The van der Waals surface area contributed by atoms with Crippen molar-refractivity contribution in [3.63, 3.8) is 0 Å². The zero-order valence-corrected chi connectivity index (χ0v) is 7.94. The standard InChI is InChI=1S/C9H14N4O/c14-9(7-13-5-1-3-11-13)12-8-2-4-10-6-8/h1,3,5,8,10H,2,4,6-7H2,(H,12,14)/t8-/m0/s1. The lowest BCUT2D eigenvalue weighted by Crippen LogP contribution is -2.38. The Morgan fingerprint density at radius 1 is 1.71 bits per heavy atom. The Labute approximate surface area is 82.5 Å². The molecule has 0 aliphatic carbocycles. The van der Waals surface area contributed by atoms with E-state index in [0.29, 0.717) is 6.54 Å². The molecular weight excluding hydrogens is 180 g/mol. The largest absolute Gasteiger partial charge is 0.350 e. The first-order chi connectivity index (χ1) is 6.84. The minimum Gasteiger partial charge on any atom is -0.350 e. The molecule has 5 nitrogen and oxygen atoms in total. The Balaban J connectivity index is 1.78. The molecule has 1 aromatic heterocycles. The number of nitrogens with one attached hydrogen (secondary N) is 2. The van der Waals surface area contributed by atoms with E-state index in [0.717, 1.165) is 19.5 Å². The fourth-order valence-corrected chi connectivity index (χ4v) is 1.59. The van der Waals surface area contributed by atoms with Crippen LogP contribution in [0.1, 0.15) is 6.42 Å². The minimum absolute atomic E-state index is 0.0300. The highest BCUT2D eigenvalue weighted by Crippen LogP contribution is 1.96. The van der Waals surface area contributed by atoms with Gasteiger partial charge in [0.15, 0.2) is 0 Å². The van der Waals surface area contributed by atoms with Gasteiger partial charge in [-0.15, -0.1) is 0 Å². The van der Waals surface area contributed by atoms with Crippen molar-refractivity contribution in [1.29, 1.82) is 0 Å². The number of aromatic nitrogens is 2. The first kappa shape index (κ1) is 9.21.